The van der Waals surface area contributed by atoms with Gasteiger partial charge in [-0.1, -0.05) is 5.16 Å². The summed E-state index contributed by atoms with van der Waals surface area (Å²) >= 11 is 0. The van der Waals surface area contributed by atoms with Crippen LogP contribution in [0.15, 0.2) is 10.6 Å². The summed E-state index contributed by atoms with van der Waals surface area (Å²) in [5.74, 6) is -0.789. The molecule has 1 aromatic rings. The van der Waals surface area contributed by atoms with Gasteiger partial charge in [0, 0.05) is 18.2 Å². The van der Waals surface area contributed by atoms with Crippen molar-refractivity contribution >= 4 is 15.7 Å². The lowest BCUT2D eigenvalue weighted by molar-refractivity contribution is -0.134. The maximum absolute atomic E-state index is 12.3. The molecule has 1 fully saturated rings. The van der Waals surface area contributed by atoms with E-state index in [4.69, 9.17) is 4.52 Å². The maximum atomic E-state index is 12.3. The first-order valence-electron chi connectivity index (χ1n) is 7.22. The van der Waals surface area contributed by atoms with Crippen molar-refractivity contribution in [3.05, 3.63) is 17.5 Å². The fraction of sp³-hybridized carbons (Fsp3) is 0.714. The Bertz CT molecular complexity index is 598. The fourth-order valence-corrected chi connectivity index (χ4v) is 4.12. The number of rotatable bonds is 4. The molecule has 2 atom stereocenters. The number of piperidine rings is 1. The second-order valence-electron chi connectivity index (χ2n) is 5.90. The predicted molar refractivity (Wildman–Crippen MR) is 78.4 cm³/mol. The molecule has 1 aromatic heterocycles. The van der Waals surface area contributed by atoms with E-state index in [1.54, 1.807) is 17.9 Å². The Morgan fingerprint density at radius 1 is 1.38 bits per heavy atom. The summed E-state index contributed by atoms with van der Waals surface area (Å²) in [5, 5.41) is 3.66. The summed E-state index contributed by atoms with van der Waals surface area (Å²) in [5.41, 5.74) is 0.629. The zero-order valence-electron chi connectivity index (χ0n) is 12.7. The van der Waals surface area contributed by atoms with Crippen molar-refractivity contribution in [2.45, 2.75) is 57.9 Å². The SMILES string of the molecule is Cc1cc(CS(=O)(=O)CC(=O)N2[C@@H](C)CCC[C@@H]2C)on1. The molecule has 0 aromatic carbocycles. The summed E-state index contributed by atoms with van der Waals surface area (Å²) in [7, 11) is -3.54. The molecule has 1 aliphatic heterocycles. The fourth-order valence-electron chi connectivity index (χ4n) is 2.93. The van der Waals surface area contributed by atoms with E-state index >= 15 is 0 Å². The molecule has 1 aliphatic rings. The van der Waals surface area contributed by atoms with Crippen LogP contribution in [-0.2, 0) is 20.4 Å². The largest absolute Gasteiger partial charge is 0.360 e. The number of amides is 1. The minimum absolute atomic E-state index is 0.101. The number of carbonyl (C=O) groups is 1. The molecule has 0 radical (unpaired) electrons. The molecule has 2 heterocycles. The molecule has 6 nitrogen and oxygen atoms in total. The van der Waals surface area contributed by atoms with Crippen LogP contribution in [0.2, 0.25) is 0 Å². The van der Waals surface area contributed by atoms with Crippen LogP contribution >= 0.6 is 0 Å². The van der Waals surface area contributed by atoms with Crippen molar-refractivity contribution in [2.75, 3.05) is 5.75 Å². The molecular formula is C14H22N2O4S. The first-order chi connectivity index (χ1) is 9.78. The van der Waals surface area contributed by atoms with Gasteiger partial charge in [0.05, 0.1) is 5.69 Å². The van der Waals surface area contributed by atoms with Gasteiger partial charge < -0.3 is 9.42 Å². The van der Waals surface area contributed by atoms with Crippen LogP contribution in [0.25, 0.3) is 0 Å². The monoisotopic (exact) mass is 314 g/mol. The second kappa shape index (κ2) is 6.17. The van der Waals surface area contributed by atoms with E-state index in [-0.39, 0.29) is 29.5 Å². The van der Waals surface area contributed by atoms with Crippen molar-refractivity contribution in [1.29, 1.82) is 0 Å². The number of hydrogen-bond donors (Lipinski definition) is 0. The van der Waals surface area contributed by atoms with Crippen LogP contribution in [0.1, 0.15) is 44.6 Å². The van der Waals surface area contributed by atoms with E-state index in [1.807, 2.05) is 13.8 Å². The number of aryl methyl sites for hydroxylation is 1. The average Bonchev–Trinajstić information content (AvgIpc) is 2.72. The normalized spacial score (nSPS) is 23.3. The third kappa shape index (κ3) is 4.06. The first-order valence-corrected chi connectivity index (χ1v) is 9.04. The Balaban J connectivity index is 2.03. The van der Waals surface area contributed by atoms with E-state index in [1.165, 1.54) is 0 Å². The molecule has 1 saturated heterocycles. The summed E-state index contributed by atoms with van der Waals surface area (Å²) in [6.07, 6.45) is 2.94. The van der Waals surface area contributed by atoms with Gasteiger partial charge in [0.15, 0.2) is 15.6 Å². The van der Waals surface area contributed by atoms with Crippen LogP contribution in [0.5, 0.6) is 0 Å². The van der Waals surface area contributed by atoms with Crippen molar-refractivity contribution in [1.82, 2.24) is 10.1 Å². The molecule has 0 saturated carbocycles. The predicted octanol–water partition coefficient (Wildman–Crippen LogP) is 1.69. The number of hydrogen-bond acceptors (Lipinski definition) is 5. The molecule has 0 spiro atoms. The van der Waals surface area contributed by atoms with Gasteiger partial charge in [0.2, 0.25) is 5.91 Å². The minimum Gasteiger partial charge on any atom is -0.360 e. The smallest absolute Gasteiger partial charge is 0.238 e. The zero-order valence-corrected chi connectivity index (χ0v) is 13.5. The second-order valence-corrected chi connectivity index (χ2v) is 7.96. The van der Waals surface area contributed by atoms with Gasteiger partial charge in [-0.3, -0.25) is 4.79 Å². The van der Waals surface area contributed by atoms with Crippen LogP contribution < -0.4 is 0 Å². The molecule has 2 rings (SSSR count). The number of sulfone groups is 1. The number of carbonyl (C=O) groups excluding carboxylic acids is 1. The molecule has 0 unspecified atom stereocenters. The van der Waals surface area contributed by atoms with E-state index in [0.29, 0.717) is 5.69 Å². The highest BCUT2D eigenvalue weighted by atomic mass is 32.2. The highest BCUT2D eigenvalue weighted by Crippen LogP contribution is 2.23. The van der Waals surface area contributed by atoms with Crippen molar-refractivity contribution in [3.8, 4) is 0 Å². The number of nitrogens with zero attached hydrogens (tertiary/aromatic N) is 2. The van der Waals surface area contributed by atoms with Gasteiger partial charge in [0.1, 0.15) is 11.5 Å². The summed E-state index contributed by atoms with van der Waals surface area (Å²) < 4.78 is 29.2. The summed E-state index contributed by atoms with van der Waals surface area (Å²) in [6.45, 7) is 5.67. The first kappa shape index (κ1) is 16.0. The topological polar surface area (TPSA) is 80.5 Å². The lowest BCUT2D eigenvalue weighted by atomic mass is 9.98. The molecule has 1 amide bonds. The zero-order chi connectivity index (χ0) is 15.6. The summed E-state index contributed by atoms with van der Waals surface area (Å²) in [4.78, 5) is 14.0. The van der Waals surface area contributed by atoms with E-state index in [0.717, 1.165) is 19.3 Å². The van der Waals surface area contributed by atoms with Crippen LogP contribution in [0.3, 0.4) is 0 Å². The Kier molecular flexibility index (Phi) is 4.70. The Hall–Kier alpha value is -1.37. The summed E-state index contributed by atoms with van der Waals surface area (Å²) in [6, 6.07) is 1.78. The van der Waals surface area contributed by atoms with Gasteiger partial charge in [-0.25, -0.2) is 8.42 Å². The van der Waals surface area contributed by atoms with E-state index in [2.05, 4.69) is 5.16 Å². The standard InChI is InChI=1S/C14H22N2O4S/c1-10-7-13(20-15-10)8-21(18,19)9-14(17)16-11(2)5-4-6-12(16)3/h7,11-12H,4-6,8-9H2,1-3H3/t11-,12-/m0/s1. The van der Waals surface area contributed by atoms with Gasteiger partial charge >= 0.3 is 0 Å². The molecular weight excluding hydrogens is 292 g/mol. The van der Waals surface area contributed by atoms with Crippen LogP contribution in [-0.4, -0.2) is 42.2 Å². The molecule has 0 N–H and O–H groups in total. The molecule has 0 bridgehead atoms. The lowest BCUT2D eigenvalue weighted by Crippen LogP contribution is -2.49. The van der Waals surface area contributed by atoms with Crippen LogP contribution in [0, 0.1) is 6.92 Å². The molecule has 21 heavy (non-hydrogen) atoms. The van der Waals surface area contributed by atoms with Crippen LogP contribution in [0.4, 0.5) is 0 Å². The third-order valence-corrected chi connectivity index (χ3v) is 5.27. The van der Waals surface area contributed by atoms with Gasteiger partial charge in [-0.05, 0) is 40.0 Å². The number of likely N-dealkylation sites (tertiary alicyclic amines) is 1. The van der Waals surface area contributed by atoms with Crippen molar-refractivity contribution < 1.29 is 17.7 Å². The third-order valence-electron chi connectivity index (χ3n) is 3.86. The quantitative estimate of drug-likeness (QED) is 0.845. The van der Waals surface area contributed by atoms with Gasteiger partial charge in [0.25, 0.3) is 0 Å². The average molecular weight is 314 g/mol. The molecule has 118 valence electrons. The molecule has 0 aliphatic carbocycles. The van der Waals surface area contributed by atoms with Gasteiger partial charge in [-0.2, -0.15) is 0 Å². The maximum Gasteiger partial charge on any atom is 0.238 e. The highest BCUT2D eigenvalue weighted by molar-refractivity contribution is 7.91. The Morgan fingerprint density at radius 2 is 2.00 bits per heavy atom. The van der Waals surface area contributed by atoms with Crippen molar-refractivity contribution in [3.63, 3.8) is 0 Å². The number of aromatic nitrogens is 1. The lowest BCUT2D eigenvalue weighted by Gasteiger charge is -2.39. The Labute approximate surface area is 125 Å². The van der Waals surface area contributed by atoms with Gasteiger partial charge in [-0.15, -0.1) is 0 Å². The van der Waals surface area contributed by atoms with E-state index in [9.17, 15) is 13.2 Å². The molecule has 7 heteroatoms. The Morgan fingerprint density at radius 3 is 2.52 bits per heavy atom. The van der Waals surface area contributed by atoms with E-state index < -0.39 is 15.6 Å². The van der Waals surface area contributed by atoms with Crippen molar-refractivity contribution in [2.24, 2.45) is 0 Å². The minimum atomic E-state index is -3.54. The highest BCUT2D eigenvalue weighted by Gasteiger charge is 2.31.